The third-order valence-electron chi connectivity index (χ3n) is 4.00. The van der Waals surface area contributed by atoms with Gasteiger partial charge >= 0.3 is 17.9 Å². The van der Waals surface area contributed by atoms with Crippen molar-refractivity contribution in [3.63, 3.8) is 0 Å². The van der Waals surface area contributed by atoms with E-state index in [1.165, 1.54) is 43.8 Å². The average Bonchev–Trinajstić information content (AvgIpc) is 3.11. The number of esters is 3. The molecule has 0 saturated heterocycles. The Morgan fingerprint density at radius 1 is 1.00 bits per heavy atom. The number of ether oxygens (including phenoxy) is 3. The molecule has 0 unspecified atom stereocenters. The zero-order chi connectivity index (χ0) is 21.6. The lowest BCUT2D eigenvalue weighted by Gasteiger charge is -2.11. The second-order valence-corrected chi connectivity index (χ2v) is 7.07. The summed E-state index contributed by atoms with van der Waals surface area (Å²) in [6, 6.07) is 5.71. The number of nitrogens with one attached hydrogen (secondary N) is 1. The van der Waals surface area contributed by atoms with Crippen LogP contribution in [0.1, 0.15) is 47.8 Å². The van der Waals surface area contributed by atoms with Crippen molar-refractivity contribution < 1.29 is 33.4 Å². The van der Waals surface area contributed by atoms with E-state index in [-0.39, 0.29) is 16.8 Å². The van der Waals surface area contributed by atoms with E-state index in [9.17, 15) is 19.2 Å². The first-order valence-electron chi connectivity index (χ1n) is 8.67. The molecular formula is C20H21NO7S. The molecule has 9 heteroatoms. The van der Waals surface area contributed by atoms with Crippen molar-refractivity contribution in [3.8, 4) is 0 Å². The summed E-state index contributed by atoms with van der Waals surface area (Å²) in [5.41, 5.74) is 1.21. The third-order valence-corrected chi connectivity index (χ3v) is 5.36. The van der Waals surface area contributed by atoms with Crippen LogP contribution >= 0.6 is 11.3 Å². The molecule has 154 valence electrons. The van der Waals surface area contributed by atoms with E-state index in [2.05, 4.69) is 14.8 Å². The van der Waals surface area contributed by atoms with Crippen molar-refractivity contribution in [1.29, 1.82) is 0 Å². The lowest BCUT2D eigenvalue weighted by molar-refractivity contribution is -0.119. The maximum Gasteiger partial charge on any atom is 0.348 e. The minimum absolute atomic E-state index is 0.0426. The van der Waals surface area contributed by atoms with Crippen LogP contribution in [0, 0.1) is 6.92 Å². The fraction of sp³-hybridized carbons (Fsp3) is 0.300. The van der Waals surface area contributed by atoms with Crippen LogP contribution in [-0.4, -0.2) is 44.6 Å². The lowest BCUT2D eigenvalue weighted by Crippen LogP contribution is -2.22. The minimum Gasteiger partial charge on any atom is -0.465 e. The third kappa shape index (κ3) is 5.41. The molecule has 2 rings (SSSR count). The SMILES string of the molecule is CCc1sc(C(=O)OCC(=O)Nc2cc(C(=O)OC)ccc2C(=O)OC)cc1C. The Kier molecular flexibility index (Phi) is 7.49. The number of carbonyl (C=O) groups excluding carboxylic acids is 4. The van der Waals surface area contributed by atoms with Crippen LogP contribution in [0.25, 0.3) is 0 Å². The average molecular weight is 419 g/mol. The molecule has 0 aliphatic heterocycles. The van der Waals surface area contributed by atoms with Crippen molar-refractivity contribution in [1.82, 2.24) is 0 Å². The highest BCUT2D eigenvalue weighted by molar-refractivity contribution is 7.14. The van der Waals surface area contributed by atoms with Gasteiger partial charge in [0.25, 0.3) is 5.91 Å². The van der Waals surface area contributed by atoms with E-state index in [4.69, 9.17) is 4.74 Å². The molecule has 0 aliphatic carbocycles. The van der Waals surface area contributed by atoms with Gasteiger partial charge in [0.05, 0.1) is 31.0 Å². The molecule has 0 atom stereocenters. The van der Waals surface area contributed by atoms with Gasteiger partial charge in [0.15, 0.2) is 6.61 Å². The summed E-state index contributed by atoms with van der Waals surface area (Å²) in [5.74, 6) is -2.61. The zero-order valence-electron chi connectivity index (χ0n) is 16.5. The lowest BCUT2D eigenvalue weighted by atomic mass is 10.1. The molecule has 0 fully saturated rings. The summed E-state index contributed by atoms with van der Waals surface area (Å²) in [5, 5.41) is 2.46. The number of aryl methyl sites for hydroxylation is 2. The quantitative estimate of drug-likeness (QED) is 0.543. The van der Waals surface area contributed by atoms with Crippen LogP contribution in [0.4, 0.5) is 5.69 Å². The van der Waals surface area contributed by atoms with Gasteiger partial charge in [0.2, 0.25) is 0 Å². The van der Waals surface area contributed by atoms with Gasteiger partial charge in [-0.25, -0.2) is 14.4 Å². The Balaban J connectivity index is 2.11. The van der Waals surface area contributed by atoms with Gasteiger partial charge in [-0.15, -0.1) is 11.3 Å². The number of hydrogen-bond donors (Lipinski definition) is 1. The Labute approximate surface area is 171 Å². The van der Waals surface area contributed by atoms with E-state index in [0.717, 1.165) is 16.9 Å². The van der Waals surface area contributed by atoms with Crippen molar-refractivity contribution in [2.75, 3.05) is 26.1 Å². The largest absolute Gasteiger partial charge is 0.465 e. The van der Waals surface area contributed by atoms with Crippen LogP contribution in [0.3, 0.4) is 0 Å². The highest BCUT2D eigenvalue weighted by Crippen LogP contribution is 2.23. The highest BCUT2D eigenvalue weighted by Gasteiger charge is 2.19. The number of anilines is 1. The first-order chi connectivity index (χ1) is 13.8. The molecule has 1 heterocycles. The number of amides is 1. The first-order valence-corrected chi connectivity index (χ1v) is 9.49. The standard InChI is InChI=1S/C20H21NO7S/c1-5-15-11(2)8-16(29-15)20(25)28-10-17(22)21-14-9-12(18(23)26-3)6-7-13(14)19(24)27-4/h6-9H,5,10H2,1-4H3,(H,21,22). The van der Waals surface area contributed by atoms with E-state index in [1.54, 1.807) is 6.07 Å². The zero-order valence-corrected chi connectivity index (χ0v) is 17.3. The van der Waals surface area contributed by atoms with Crippen molar-refractivity contribution in [2.45, 2.75) is 20.3 Å². The summed E-state index contributed by atoms with van der Waals surface area (Å²) in [6.45, 7) is 3.34. The van der Waals surface area contributed by atoms with Gasteiger partial charge in [-0.3, -0.25) is 4.79 Å². The molecular weight excluding hydrogens is 398 g/mol. The summed E-state index contributed by atoms with van der Waals surface area (Å²) >= 11 is 1.32. The van der Waals surface area contributed by atoms with Crippen molar-refractivity contribution >= 4 is 40.8 Å². The maximum absolute atomic E-state index is 12.2. The topological polar surface area (TPSA) is 108 Å². The molecule has 1 N–H and O–H groups in total. The number of benzene rings is 1. The van der Waals surface area contributed by atoms with Crippen LogP contribution in [0.2, 0.25) is 0 Å². The predicted molar refractivity (Wildman–Crippen MR) is 106 cm³/mol. The maximum atomic E-state index is 12.2. The van der Waals surface area contributed by atoms with Crippen molar-refractivity contribution in [3.05, 3.63) is 50.7 Å². The molecule has 0 saturated carbocycles. The van der Waals surface area contributed by atoms with Gasteiger partial charge in [0, 0.05) is 4.88 Å². The monoisotopic (exact) mass is 419 g/mol. The van der Waals surface area contributed by atoms with Crippen LogP contribution in [-0.2, 0) is 25.4 Å². The van der Waals surface area contributed by atoms with Crippen molar-refractivity contribution in [2.24, 2.45) is 0 Å². The van der Waals surface area contributed by atoms with Gasteiger partial charge < -0.3 is 19.5 Å². The van der Waals surface area contributed by atoms with E-state index >= 15 is 0 Å². The smallest absolute Gasteiger partial charge is 0.348 e. The van der Waals surface area contributed by atoms with Crippen LogP contribution in [0.5, 0.6) is 0 Å². The van der Waals surface area contributed by atoms with Crippen LogP contribution < -0.4 is 5.32 Å². The molecule has 1 amide bonds. The van der Waals surface area contributed by atoms with Gasteiger partial charge in [-0.2, -0.15) is 0 Å². The fourth-order valence-electron chi connectivity index (χ4n) is 2.54. The van der Waals surface area contributed by atoms with Gasteiger partial charge in [-0.1, -0.05) is 6.92 Å². The summed E-state index contributed by atoms with van der Waals surface area (Å²) in [7, 11) is 2.40. The molecule has 0 bridgehead atoms. The Morgan fingerprint density at radius 2 is 1.69 bits per heavy atom. The van der Waals surface area contributed by atoms with Gasteiger partial charge in [0.1, 0.15) is 4.88 Å². The molecule has 1 aromatic heterocycles. The molecule has 29 heavy (non-hydrogen) atoms. The number of carbonyl (C=O) groups is 4. The van der Waals surface area contributed by atoms with Crippen LogP contribution in [0.15, 0.2) is 24.3 Å². The molecule has 0 spiro atoms. The summed E-state index contributed by atoms with van der Waals surface area (Å²) in [4.78, 5) is 49.5. The van der Waals surface area contributed by atoms with E-state index in [0.29, 0.717) is 4.88 Å². The van der Waals surface area contributed by atoms with E-state index in [1.807, 2.05) is 13.8 Å². The first kappa shape index (κ1) is 22.1. The van der Waals surface area contributed by atoms with E-state index < -0.39 is 30.4 Å². The molecule has 0 radical (unpaired) electrons. The fourth-order valence-corrected chi connectivity index (χ4v) is 3.55. The second-order valence-electron chi connectivity index (χ2n) is 5.94. The second kappa shape index (κ2) is 9.83. The summed E-state index contributed by atoms with van der Waals surface area (Å²) in [6.07, 6.45) is 0.803. The molecule has 8 nitrogen and oxygen atoms in total. The Morgan fingerprint density at radius 3 is 2.28 bits per heavy atom. The Hall–Kier alpha value is -3.20. The highest BCUT2D eigenvalue weighted by atomic mass is 32.1. The number of methoxy groups -OCH3 is 2. The summed E-state index contributed by atoms with van der Waals surface area (Å²) < 4.78 is 14.4. The number of hydrogen-bond acceptors (Lipinski definition) is 8. The Bertz CT molecular complexity index is 948. The van der Waals surface area contributed by atoms with Gasteiger partial charge in [-0.05, 0) is 43.2 Å². The molecule has 0 aliphatic rings. The molecule has 1 aromatic carbocycles. The predicted octanol–water partition coefficient (Wildman–Crippen LogP) is 2.99. The molecule has 2 aromatic rings. The normalized spacial score (nSPS) is 10.2. The number of rotatable bonds is 7. The number of thiophene rings is 1. The minimum atomic E-state index is -0.699.